The van der Waals surface area contributed by atoms with E-state index < -0.39 is 6.04 Å². The SMILES string of the molecule is CCCNc1nc(Nc2ccc(F)cc2)ncc1C#C[C@@H]1CCC[C@H](NC(=O)[C@H](C)N(C)C(=O)C=CCN(C)C)C1. The molecule has 0 unspecified atom stereocenters. The number of hydrogen-bond acceptors (Lipinski definition) is 7. The van der Waals surface area contributed by atoms with E-state index >= 15 is 0 Å². The highest BCUT2D eigenvalue weighted by atomic mass is 19.1. The molecule has 10 heteroatoms. The van der Waals surface area contributed by atoms with E-state index in [-0.39, 0.29) is 29.6 Å². The van der Waals surface area contributed by atoms with Crippen LogP contribution in [0.3, 0.4) is 0 Å². The second kappa shape index (κ2) is 15.7. The highest BCUT2D eigenvalue weighted by molar-refractivity contribution is 5.92. The van der Waals surface area contributed by atoms with Crippen LogP contribution in [0.1, 0.15) is 51.5 Å². The van der Waals surface area contributed by atoms with Crippen LogP contribution in [0.25, 0.3) is 0 Å². The molecule has 3 N–H and O–H groups in total. The van der Waals surface area contributed by atoms with Gasteiger partial charge in [-0.05, 0) is 71.0 Å². The number of nitrogens with zero attached hydrogens (tertiary/aromatic N) is 4. The zero-order chi connectivity index (χ0) is 29.8. The van der Waals surface area contributed by atoms with Crippen LogP contribution >= 0.6 is 0 Å². The Morgan fingerprint density at radius 2 is 1.95 bits per heavy atom. The molecule has 1 saturated carbocycles. The summed E-state index contributed by atoms with van der Waals surface area (Å²) in [6.45, 7) is 5.21. The summed E-state index contributed by atoms with van der Waals surface area (Å²) in [6, 6.07) is 5.43. The number of hydrogen-bond donors (Lipinski definition) is 3. The molecule has 1 aromatic heterocycles. The fraction of sp³-hybridized carbons (Fsp3) is 0.484. The molecule has 41 heavy (non-hydrogen) atoms. The Hall–Kier alpha value is -3.97. The van der Waals surface area contributed by atoms with Gasteiger partial charge in [0.15, 0.2) is 0 Å². The summed E-state index contributed by atoms with van der Waals surface area (Å²) in [6.07, 6.45) is 9.44. The van der Waals surface area contributed by atoms with Crippen LogP contribution in [0.15, 0.2) is 42.6 Å². The maximum atomic E-state index is 13.2. The summed E-state index contributed by atoms with van der Waals surface area (Å²) < 4.78 is 13.2. The average molecular weight is 564 g/mol. The summed E-state index contributed by atoms with van der Waals surface area (Å²) in [5, 5.41) is 9.55. The third-order valence-corrected chi connectivity index (χ3v) is 6.90. The predicted molar refractivity (Wildman–Crippen MR) is 161 cm³/mol. The van der Waals surface area contributed by atoms with Gasteiger partial charge in [0.1, 0.15) is 17.7 Å². The number of aromatic nitrogens is 2. The molecule has 0 saturated heterocycles. The van der Waals surface area contributed by atoms with Crippen LogP contribution in [-0.4, -0.2) is 77.9 Å². The maximum absolute atomic E-state index is 13.2. The molecule has 3 atom stereocenters. The van der Waals surface area contributed by atoms with Gasteiger partial charge in [0.25, 0.3) is 0 Å². The lowest BCUT2D eigenvalue weighted by Crippen LogP contribution is -2.49. The van der Waals surface area contributed by atoms with Gasteiger partial charge < -0.3 is 25.8 Å². The Labute approximate surface area is 243 Å². The Kier molecular flexibility index (Phi) is 12.1. The molecule has 1 fully saturated rings. The minimum atomic E-state index is -0.579. The van der Waals surface area contributed by atoms with Crippen molar-refractivity contribution in [2.45, 2.75) is 58.0 Å². The summed E-state index contributed by atoms with van der Waals surface area (Å²) in [5.74, 6) is 7.12. The number of rotatable bonds is 11. The number of nitrogens with one attached hydrogen (secondary N) is 3. The number of halogens is 1. The van der Waals surface area contributed by atoms with E-state index in [9.17, 15) is 14.0 Å². The molecule has 220 valence electrons. The third-order valence-electron chi connectivity index (χ3n) is 6.90. The van der Waals surface area contributed by atoms with E-state index in [1.54, 1.807) is 38.4 Å². The second-order valence-corrected chi connectivity index (χ2v) is 10.6. The summed E-state index contributed by atoms with van der Waals surface area (Å²) in [4.78, 5) is 37.8. The van der Waals surface area contributed by atoms with Gasteiger partial charge in [-0.1, -0.05) is 31.3 Å². The first kappa shape index (κ1) is 31.6. The van der Waals surface area contributed by atoms with Gasteiger partial charge in [-0.15, -0.1) is 0 Å². The van der Waals surface area contributed by atoms with E-state index in [2.05, 4.69) is 44.7 Å². The van der Waals surface area contributed by atoms with Gasteiger partial charge in [-0.2, -0.15) is 4.98 Å². The van der Waals surface area contributed by atoms with E-state index in [4.69, 9.17) is 0 Å². The van der Waals surface area contributed by atoms with Crippen molar-refractivity contribution in [2.24, 2.45) is 5.92 Å². The minimum absolute atomic E-state index is 0.00186. The van der Waals surface area contributed by atoms with E-state index in [0.717, 1.165) is 38.6 Å². The fourth-order valence-corrected chi connectivity index (χ4v) is 4.38. The zero-order valence-electron chi connectivity index (χ0n) is 24.7. The number of carbonyl (C=O) groups is 2. The average Bonchev–Trinajstić information content (AvgIpc) is 2.95. The Morgan fingerprint density at radius 1 is 1.20 bits per heavy atom. The molecule has 0 radical (unpaired) electrons. The molecule has 1 aliphatic carbocycles. The van der Waals surface area contributed by atoms with Crippen LogP contribution in [0, 0.1) is 23.6 Å². The number of benzene rings is 1. The molecule has 0 aliphatic heterocycles. The quantitative estimate of drug-likeness (QED) is 0.279. The normalized spacial score (nSPS) is 17.4. The first-order valence-electron chi connectivity index (χ1n) is 14.2. The Balaban J connectivity index is 1.62. The van der Waals surface area contributed by atoms with Crippen molar-refractivity contribution in [3.8, 4) is 11.8 Å². The molecule has 1 heterocycles. The highest BCUT2D eigenvalue weighted by Gasteiger charge is 2.26. The number of anilines is 3. The zero-order valence-corrected chi connectivity index (χ0v) is 24.7. The highest BCUT2D eigenvalue weighted by Crippen LogP contribution is 2.25. The van der Waals surface area contributed by atoms with Crippen LogP contribution < -0.4 is 16.0 Å². The fourth-order valence-electron chi connectivity index (χ4n) is 4.38. The lowest BCUT2D eigenvalue weighted by molar-refractivity contribution is -0.135. The predicted octanol–water partition coefficient (Wildman–Crippen LogP) is 4.17. The Morgan fingerprint density at radius 3 is 2.66 bits per heavy atom. The smallest absolute Gasteiger partial charge is 0.246 e. The van der Waals surface area contributed by atoms with Crippen molar-refractivity contribution in [2.75, 3.05) is 44.9 Å². The van der Waals surface area contributed by atoms with Crippen molar-refractivity contribution in [1.82, 2.24) is 25.1 Å². The monoisotopic (exact) mass is 563 g/mol. The maximum Gasteiger partial charge on any atom is 0.246 e. The molecule has 3 rings (SSSR count). The van der Waals surface area contributed by atoms with Gasteiger partial charge in [0, 0.05) is 43.9 Å². The first-order chi connectivity index (χ1) is 19.7. The van der Waals surface area contributed by atoms with Crippen molar-refractivity contribution in [3.05, 3.63) is 54.0 Å². The summed E-state index contributed by atoms with van der Waals surface area (Å²) in [5.41, 5.74) is 1.39. The molecule has 0 bridgehead atoms. The molecular formula is C31H42FN7O2. The van der Waals surface area contributed by atoms with Crippen molar-refractivity contribution < 1.29 is 14.0 Å². The lowest BCUT2D eigenvalue weighted by Gasteiger charge is -2.30. The molecule has 1 aromatic carbocycles. The molecule has 2 aromatic rings. The molecular weight excluding hydrogens is 521 g/mol. The van der Waals surface area contributed by atoms with E-state index in [1.807, 2.05) is 19.0 Å². The van der Waals surface area contributed by atoms with Crippen LogP contribution in [-0.2, 0) is 9.59 Å². The van der Waals surface area contributed by atoms with E-state index in [1.165, 1.54) is 23.1 Å². The molecule has 2 amide bonds. The first-order valence-corrected chi connectivity index (χ1v) is 14.2. The molecule has 9 nitrogen and oxygen atoms in total. The number of amides is 2. The standard InChI is InChI=1S/C31H42FN7O2/c1-6-18-33-29-24(21-34-31(37-29)36-26-16-14-25(32)15-17-26)13-12-23-9-7-10-27(20-23)35-30(41)22(2)39(5)28(40)11-8-19-38(3)4/h8,11,14-17,21-23,27H,6-7,9-10,18-20H2,1-5H3,(H,35,41)(H2,33,34,36,37)/t22-,23-,27-/m0/s1. The van der Waals surface area contributed by atoms with Gasteiger partial charge in [-0.25, -0.2) is 9.37 Å². The molecule has 0 spiro atoms. The van der Waals surface area contributed by atoms with Gasteiger partial charge in [-0.3, -0.25) is 9.59 Å². The van der Waals surface area contributed by atoms with Gasteiger partial charge in [0.05, 0.1) is 11.8 Å². The van der Waals surface area contributed by atoms with Crippen LogP contribution in [0.4, 0.5) is 21.8 Å². The summed E-state index contributed by atoms with van der Waals surface area (Å²) >= 11 is 0. The number of likely N-dealkylation sites (N-methyl/N-ethyl adjacent to an activating group) is 2. The van der Waals surface area contributed by atoms with Crippen molar-refractivity contribution >= 4 is 29.3 Å². The van der Waals surface area contributed by atoms with Gasteiger partial charge in [0.2, 0.25) is 17.8 Å². The van der Waals surface area contributed by atoms with Gasteiger partial charge >= 0.3 is 0 Å². The van der Waals surface area contributed by atoms with Crippen LogP contribution in [0.5, 0.6) is 0 Å². The van der Waals surface area contributed by atoms with Crippen molar-refractivity contribution in [3.63, 3.8) is 0 Å². The third kappa shape index (κ3) is 10.2. The summed E-state index contributed by atoms with van der Waals surface area (Å²) in [7, 11) is 5.50. The molecule has 1 aliphatic rings. The Bertz CT molecular complexity index is 1250. The lowest BCUT2D eigenvalue weighted by atomic mass is 9.86. The van der Waals surface area contributed by atoms with E-state index in [0.29, 0.717) is 29.6 Å². The second-order valence-electron chi connectivity index (χ2n) is 10.6. The topological polar surface area (TPSA) is 102 Å². The van der Waals surface area contributed by atoms with Crippen LogP contribution in [0.2, 0.25) is 0 Å². The van der Waals surface area contributed by atoms with Crippen molar-refractivity contribution in [1.29, 1.82) is 0 Å². The largest absolute Gasteiger partial charge is 0.369 e. The number of carbonyl (C=O) groups excluding carboxylic acids is 2. The minimum Gasteiger partial charge on any atom is -0.369 e.